The van der Waals surface area contributed by atoms with Crippen LogP contribution in [0.15, 0.2) is 24.3 Å². The van der Waals surface area contributed by atoms with E-state index < -0.39 is 18.5 Å². The number of amides is 1. The molecule has 0 aromatic heterocycles. The zero-order valence-corrected chi connectivity index (χ0v) is 8.97. The van der Waals surface area contributed by atoms with Gasteiger partial charge in [-0.3, -0.25) is 4.79 Å². The van der Waals surface area contributed by atoms with Gasteiger partial charge in [-0.1, -0.05) is 0 Å². The highest BCUT2D eigenvalue weighted by Gasteiger charge is 2.09. The number of rotatable bonds is 4. The lowest BCUT2D eigenvalue weighted by Gasteiger charge is -2.04. The number of carbonyl (C=O) groups is 2. The van der Waals surface area contributed by atoms with Crippen molar-refractivity contribution in [3.8, 4) is 6.07 Å². The standard InChI is InChI=1S/C11H11N3O3/c12-5-6-14-10(15)7-17-11(16)8-1-3-9(13)4-2-8/h1-4H,6-7,13H2,(H,14,15). The molecule has 0 heterocycles. The van der Waals surface area contributed by atoms with Gasteiger partial charge in [-0.15, -0.1) is 0 Å². The number of hydrogen-bond donors (Lipinski definition) is 2. The molecular weight excluding hydrogens is 222 g/mol. The van der Waals surface area contributed by atoms with E-state index in [-0.39, 0.29) is 6.54 Å². The van der Waals surface area contributed by atoms with Crippen molar-refractivity contribution in [2.24, 2.45) is 0 Å². The predicted octanol–water partition coefficient (Wildman–Crippen LogP) is 0.0654. The molecular formula is C11H11N3O3. The van der Waals surface area contributed by atoms with Gasteiger partial charge in [0.05, 0.1) is 11.6 Å². The van der Waals surface area contributed by atoms with Gasteiger partial charge < -0.3 is 15.8 Å². The van der Waals surface area contributed by atoms with Crippen molar-refractivity contribution in [2.75, 3.05) is 18.9 Å². The van der Waals surface area contributed by atoms with E-state index in [2.05, 4.69) is 5.32 Å². The lowest BCUT2D eigenvalue weighted by molar-refractivity contribution is -0.123. The normalized spacial score (nSPS) is 9.12. The molecule has 0 saturated carbocycles. The Balaban J connectivity index is 2.42. The molecule has 88 valence electrons. The Kier molecular flexibility index (Phi) is 4.51. The molecule has 1 aromatic rings. The fourth-order valence-electron chi connectivity index (χ4n) is 1.02. The van der Waals surface area contributed by atoms with Crippen LogP contribution in [0.25, 0.3) is 0 Å². The quantitative estimate of drug-likeness (QED) is 0.434. The van der Waals surface area contributed by atoms with Gasteiger partial charge in [0.25, 0.3) is 5.91 Å². The summed E-state index contributed by atoms with van der Waals surface area (Å²) in [5.74, 6) is -1.13. The highest BCUT2D eigenvalue weighted by atomic mass is 16.5. The Morgan fingerprint density at radius 1 is 1.35 bits per heavy atom. The zero-order chi connectivity index (χ0) is 12.7. The number of anilines is 1. The van der Waals surface area contributed by atoms with Gasteiger partial charge >= 0.3 is 5.97 Å². The van der Waals surface area contributed by atoms with Gasteiger partial charge in [0, 0.05) is 5.69 Å². The SMILES string of the molecule is N#CCNC(=O)COC(=O)c1ccc(N)cc1. The van der Waals surface area contributed by atoms with E-state index >= 15 is 0 Å². The van der Waals surface area contributed by atoms with Crippen LogP contribution in [0.3, 0.4) is 0 Å². The zero-order valence-electron chi connectivity index (χ0n) is 8.97. The number of nitriles is 1. The molecule has 1 rings (SSSR count). The van der Waals surface area contributed by atoms with Crippen LogP contribution < -0.4 is 11.1 Å². The number of ether oxygens (including phenoxy) is 1. The first kappa shape index (κ1) is 12.5. The number of hydrogen-bond acceptors (Lipinski definition) is 5. The van der Waals surface area contributed by atoms with Crippen LogP contribution >= 0.6 is 0 Å². The fraction of sp³-hybridized carbons (Fsp3) is 0.182. The van der Waals surface area contributed by atoms with Gasteiger partial charge in [0.15, 0.2) is 6.61 Å². The first-order valence-electron chi connectivity index (χ1n) is 4.80. The Labute approximate surface area is 98.0 Å². The van der Waals surface area contributed by atoms with Crippen molar-refractivity contribution < 1.29 is 14.3 Å². The van der Waals surface area contributed by atoms with E-state index in [9.17, 15) is 9.59 Å². The Bertz CT molecular complexity index is 448. The van der Waals surface area contributed by atoms with Crippen LogP contribution in [0.1, 0.15) is 10.4 Å². The summed E-state index contributed by atoms with van der Waals surface area (Å²) in [7, 11) is 0. The fourth-order valence-corrected chi connectivity index (χ4v) is 1.02. The molecule has 0 atom stereocenters. The number of carbonyl (C=O) groups excluding carboxylic acids is 2. The maximum atomic E-state index is 11.4. The lowest BCUT2D eigenvalue weighted by atomic mass is 10.2. The average molecular weight is 233 g/mol. The Morgan fingerprint density at radius 3 is 2.59 bits per heavy atom. The molecule has 1 amide bonds. The van der Waals surface area contributed by atoms with E-state index in [1.54, 1.807) is 18.2 Å². The van der Waals surface area contributed by atoms with Crippen LogP contribution in [-0.4, -0.2) is 25.0 Å². The van der Waals surface area contributed by atoms with E-state index in [0.717, 1.165) is 0 Å². The number of nitrogen functional groups attached to an aromatic ring is 1. The first-order valence-corrected chi connectivity index (χ1v) is 4.80. The van der Waals surface area contributed by atoms with Crippen molar-refractivity contribution in [1.29, 1.82) is 5.26 Å². The molecule has 0 spiro atoms. The molecule has 0 aliphatic rings. The van der Waals surface area contributed by atoms with Crippen LogP contribution in [0.2, 0.25) is 0 Å². The lowest BCUT2D eigenvalue weighted by Crippen LogP contribution is -2.28. The predicted molar refractivity (Wildman–Crippen MR) is 59.8 cm³/mol. The molecule has 0 radical (unpaired) electrons. The van der Waals surface area contributed by atoms with Gasteiger partial charge in [0.2, 0.25) is 0 Å². The second-order valence-electron chi connectivity index (χ2n) is 3.13. The number of nitrogens with two attached hydrogens (primary N) is 1. The molecule has 17 heavy (non-hydrogen) atoms. The summed E-state index contributed by atoms with van der Waals surface area (Å²) in [6.07, 6.45) is 0. The van der Waals surface area contributed by atoms with E-state index in [0.29, 0.717) is 11.3 Å². The molecule has 0 fully saturated rings. The summed E-state index contributed by atoms with van der Waals surface area (Å²) < 4.78 is 4.73. The third-order valence-corrected chi connectivity index (χ3v) is 1.85. The molecule has 0 aliphatic carbocycles. The number of nitrogens with zero attached hydrogens (tertiary/aromatic N) is 1. The first-order chi connectivity index (χ1) is 8.13. The molecule has 1 aromatic carbocycles. The van der Waals surface area contributed by atoms with E-state index in [1.165, 1.54) is 12.1 Å². The summed E-state index contributed by atoms with van der Waals surface area (Å²) in [4.78, 5) is 22.5. The summed E-state index contributed by atoms with van der Waals surface area (Å²) in [5, 5.41) is 10.5. The topological polar surface area (TPSA) is 105 Å². The largest absolute Gasteiger partial charge is 0.452 e. The van der Waals surface area contributed by atoms with E-state index in [1.807, 2.05) is 0 Å². The molecule has 3 N–H and O–H groups in total. The van der Waals surface area contributed by atoms with Gasteiger partial charge in [0.1, 0.15) is 6.54 Å². The third kappa shape index (κ3) is 4.22. The average Bonchev–Trinajstić information content (AvgIpc) is 2.34. The summed E-state index contributed by atoms with van der Waals surface area (Å²) in [5.41, 5.74) is 6.30. The Morgan fingerprint density at radius 2 is 2.00 bits per heavy atom. The smallest absolute Gasteiger partial charge is 0.338 e. The van der Waals surface area contributed by atoms with Gasteiger partial charge in [-0.2, -0.15) is 5.26 Å². The number of benzene rings is 1. The van der Waals surface area contributed by atoms with Crippen molar-refractivity contribution in [1.82, 2.24) is 5.32 Å². The minimum absolute atomic E-state index is 0.113. The summed E-state index contributed by atoms with van der Waals surface area (Å²) >= 11 is 0. The minimum Gasteiger partial charge on any atom is -0.452 e. The third-order valence-electron chi connectivity index (χ3n) is 1.85. The summed E-state index contributed by atoms with van der Waals surface area (Å²) in [6.45, 7) is -0.525. The van der Waals surface area contributed by atoms with E-state index in [4.69, 9.17) is 15.7 Å². The molecule has 0 saturated heterocycles. The van der Waals surface area contributed by atoms with Crippen LogP contribution in [0.5, 0.6) is 0 Å². The van der Waals surface area contributed by atoms with Gasteiger partial charge in [-0.25, -0.2) is 4.79 Å². The number of nitrogens with one attached hydrogen (secondary N) is 1. The summed E-state index contributed by atoms with van der Waals surface area (Å²) in [6, 6.07) is 7.87. The van der Waals surface area contributed by atoms with Crippen molar-refractivity contribution in [2.45, 2.75) is 0 Å². The van der Waals surface area contributed by atoms with Crippen LogP contribution in [0.4, 0.5) is 5.69 Å². The second-order valence-corrected chi connectivity index (χ2v) is 3.13. The molecule has 6 nitrogen and oxygen atoms in total. The van der Waals surface area contributed by atoms with Crippen molar-refractivity contribution in [3.63, 3.8) is 0 Å². The van der Waals surface area contributed by atoms with Gasteiger partial charge in [-0.05, 0) is 24.3 Å². The monoisotopic (exact) mass is 233 g/mol. The highest BCUT2D eigenvalue weighted by Crippen LogP contribution is 2.06. The maximum Gasteiger partial charge on any atom is 0.338 e. The molecule has 6 heteroatoms. The van der Waals surface area contributed by atoms with Crippen LogP contribution in [0, 0.1) is 11.3 Å². The number of esters is 1. The van der Waals surface area contributed by atoms with Crippen molar-refractivity contribution in [3.05, 3.63) is 29.8 Å². The Hall–Kier alpha value is -2.55. The maximum absolute atomic E-state index is 11.4. The molecule has 0 aliphatic heterocycles. The van der Waals surface area contributed by atoms with Crippen molar-refractivity contribution >= 4 is 17.6 Å². The minimum atomic E-state index is -0.614. The van der Waals surface area contributed by atoms with Crippen LogP contribution in [-0.2, 0) is 9.53 Å². The molecule has 0 unspecified atom stereocenters. The second kappa shape index (κ2) is 6.12. The highest BCUT2D eigenvalue weighted by molar-refractivity contribution is 5.91. The molecule has 0 bridgehead atoms.